The molecule has 0 unspecified atom stereocenters. The number of methoxy groups -OCH3 is 1. The van der Waals surface area contributed by atoms with Crippen LogP contribution in [0.5, 0.6) is 5.75 Å². The Morgan fingerprint density at radius 1 is 1.06 bits per heavy atom. The zero-order chi connectivity index (χ0) is 23.2. The van der Waals surface area contributed by atoms with Crippen LogP contribution in [0.1, 0.15) is 23.9 Å². The predicted molar refractivity (Wildman–Crippen MR) is 148 cm³/mol. The third-order valence-corrected chi connectivity index (χ3v) is 5.80. The van der Waals surface area contributed by atoms with E-state index in [1.54, 1.807) is 7.11 Å². The smallest absolute Gasteiger partial charge is 0.194 e. The van der Waals surface area contributed by atoms with E-state index in [1.165, 1.54) is 5.69 Å². The number of nitrogens with zero attached hydrogens (tertiary/aromatic N) is 6. The lowest BCUT2D eigenvalue weighted by Gasteiger charge is -2.37. The van der Waals surface area contributed by atoms with Crippen molar-refractivity contribution >= 4 is 35.6 Å². The number of pyridine rings is 1. The number of aliphatic imine (C=N–C) groups is 1. The minimum atomic E-state index is 0. The van der Waals surface area contributed by atoms with Crippen LogP contribution >= 0.6 is 24.0 Å². The molecule has 1 fully saturated rings. The van der Waals surface area contributed by atoms with Gasteiger partial charge in [0.05, 0.1) is 19.3 Å². The first kappa shape index (κ1) is 25.8. The lowest BCUT2D eigenvalue weighted by Crippen LogP contribution is -2.52. The Morgan fingerprint density at radius 3 is 2.35 bits per heavy atom. The van der Waals surface area contributed by atoms with E-state index in [0.29, 0.717) is 6.54 Å². The van der Waals surface area contributed by atoms with Crippen LogP contribution in [0.25, 0.3) is 5.82 Å². The third kappa shape index (κ3) is 6.19. The average Bonchev–Trinajstić information content (AvgIpc) is 3.20. The first-order valence-electron chi connectivity index (χ1n) is 11.5. The molecule has 0 aliphatic carbocycles. The van der Waals surface area contributed by atoms with Gasteiger partial charge in [-0.05, 0) is 62.7 Å². The molecule has 1 aliphatic heterocycles. The molecule has 4 rings (SSSR count). The van der Waals surface area contributed by atoms with E-state index in [9.17, 15) is 0 Å². The van der Waals surface area contributed by atoms with Gasteiger partial charge in [-0.2, -0.15) is 5.10 Å². The van der Waals surface area contributed by atoms with E-state index in [4.69, 9.17) is 9.73 Å². The molecule has 2 aromatic heterocycles. The molecule has 9 heteroatoms. The highest BCUT2D eigenvalue weighted by Gasteiger charge is 2.20. The van der Waals surface area contributed by atoms with Gasteiger partial charge in [-0.1, -0.05) is 6.07 Å². The van der Waals surface area contributed by atoms with Gasteiger partial charge in [-0.25, -0.2) is 14.7 Å². The second-order valence-corrected chi connectivity index (χ2v) is 8.21. The zero-order valence-corrected chi connectivity index (χ0v) is 22.7. The van der Waals surface area contributed by atoms with Gasteiger partial charge in [0.1, 0.15) is 5.75 Å². The summed E-state index contributed by atoms with van der Waals surface area (Å²) in [4.78, 5) is 14.2. The molecule has 1 N–H and O–H groups in total. The molecule has 0 atom stereocenters. The van der Waals surface area contributed by atoms with Crippen molar-refractivity contribution in [2.75, 3.05) is 44.7 Å². The molecule has 1 aliphatic rings. The fraction of sp³-hybridized carbons (Fsp3) is 0.400. The van der Waals surface area contributed by atoms with Crippen LogP contribution in [0.3, 0.4) is 0 Å². The van der Waals surface area contributed by atoms with Crippen molar-refractivity contribution in [3.8, 4) is 11.6 Å². The maximum Gasteiger partial charge on any atom is 0.194 e. The van der Waals surface area contributed by atoms with Gasteiger partial charge in [0, 0.05) is 50.3 Å². The lowest BCUT2D eigenvalue weighted by molar-refractivity contribution is 0.372. The monoisotopic (exact) mass is 575 g/mol. The fourth-order valence-electron chi connectivity index (χ4n) is 4.06. The molecule has 1 aromatic carbocycles. The molecule has 0 bridgehead atoms. The summed E-state index contributed by atoms with van der Waals surface area (Å²) >= 11 is 0. The standard InChI is InChI=1S/C25H33N7O.HI/c1-5-26-25(31-14-12-30(13-15-31)22-7-9-23(33-4)10-8-22)28-18-21-6-11-24(27-17-21)32-20(3)16-19(2)29-32;/h6-11,16-17H,5,12-15,18H2,1-4H3,(H,26,28);1H. The molecular weight excluding hydrogens is 541 g/mol. The lowest BCUT2D eigenvalue weighted by atomic mass is 10.2. The summed E-state index contributed by atoms with van der Waals surface area (Å²) in [7, 11) is 1.70. The number of hydrogen-bond donors (Lipinski definition) is 1. The molecule has 1 saturated heterocycles. The van der Waals surface area contributed by atoms with E-state index in [1.807, 2.05) is 42.9 Å². The number of halogens is 1. The molecule has 0 spiro atoms. The zero-order valence-electron chi connectivity index (χ0n) is 20.4. The molecule has 0 saturated carbocycles. The summed E-state index contributed by atoms with van der Waals surface area (Å²) in [6.07, 6.45) is 1.89. The van der Waals surface area contributed by atoms with E-state index in [-0.39, 0.29) is 24.0 Å². The average molecular weight is 575 g/mol. The normalized spacial score (nSPS) is 14.1. The number of aromatic nitrogens is 3. The van der Waals surface area contributed by atoms with Gasteiger partial charge in [0.25, 0.3) is 0 Å². The largest absolute Gasteiger partial charge is 0.497 e. The van der Waals surface area contributed by atoms with E-state index in [0.717, 1.165) is 67.2 Å². The summed E-state index contributed by atoms with van der Waals surface area (Å²) in [6, 6.07) is 14.4. The van der Waals surface area contributed by atoms with Crippen molar-refractivity contribution in [2.45, 2.75) is 27.3 Å². The van der Waals surface area contributed by atoms with Crippen molar-refractivity contribution in [3.05, 3.63) is 65.6 Å². The summed E-state index contributed by atoms with van der Waals surface area (Å²) in [5.41, 5.74) is 4.37. The molecule has 182 valence electrons. The maximum absolute atomic E-state index is 5.27. The van der Waals surface area contributed by atoms with E-state index >= 15 is 0 Å². The van der Waals surface area contributed by atoms with Crippen LogP contribution in [0, 0.1) is 13.8 Å². The Kier molecular flexibility index (Phi) is 9.14. The van der Waals surface area contributed by atoms with Crippen LogP contribution in [0.15, 0.2) is 53.7 Å². The van der Waals surface area contributed by atoms with E-state index in [2.05, 4.69) is 56.4 Å². The quantitative estimate of drug-likeness (QED) is 0.274. The van der Waals surface area contributed by atoms with Gasteiger partial charge in [-0.3, -0.25) is 0 Å². The number of piperazine rings is 1. The highest BCUT2D eigenvalue weighted by Crippen LogP contribution is 2.20. The van der Waals surface area contributed by atoms with Gasteiger partial charge in [0.15, 0.2) is 11.8 Å². The summed E-state index contributed by atoms with van der Waals surface area (Å²) < 4.78 is 7.14. The number of rotatable bonds is 6. The molecule has 0 amide bonds. The van der Waals surface area contributed by atoms with Crippen molar-refractivity contribution in [1.29, 1.82) is 0 Å². The Morgan fingerprint density at radius 2 is 1.79 bits per heavy atom. The minimum absolute atomic E-state index is 0. The Hall–Kier alpha value is -2.82. The van der Waals surface area contributed by atoms with Crippen molar-refractivity contribution in [2.24, 2.45) is 4.99 Å². The second-order valence-electron chi connectivity index (χ2n) is 8.21. The first-order chi connectivity index (χ1) is 16.1. The number of guanidine groups is 1. The molecule has 8 nitrogen and oxygen atoms in total. The van der Waals surface area contributed by atoms with Crippen molar-refractivity contribution < 1.29 is 4.74 Å². The van der Waals surface area contributed by atoms with Crippen LogP contribution in [0.2, 0.25) is 0 Å². The molecule has 34 heavy (non-hydrogen) atoms. The number of aryl methyl sites for hydroxylation is 2. The minimum Gasteiger partial charge on any atom is -0.497 e. The van der Waals surface area contributed by atoms with E-state index < -0.39 is 0 Å². The number of hydrogen-bond acceptors (Lipinski definition) is 5. The SMILES string of the molecule is CCNC(=NCc1ccc(-n2nc(C)cc2C)nc1)N1CCN(c2ccc(OC)cc2)CC1.I. The van der Waals surface area contributed by atoms with Crippen LogP contribution in [-0.4, -0.2) is 65.5 Å². The highest BCUT2D eigenvalue weighted by molar-refractivity contribution is 14.0. The summed E-state index contributed by atoms with van der Waals surface area (Å²) in [5, 5.41) is 7.95. The Bertz CT molecular complexity index is 1070. The first-order valence-corrected chi connectivity index (χ1v) is 11.5. The Balaban J connectivity index is 0.00000324. The number of benzene rings is 1. The topological polar surface area (TPSA) is 70.8 Å². The van der Waals surface area contributed by atoms with Gasteiger partial charge < -0.3 is 19.9 Å². The number of nitrogens with one attached hydrogen (secondary N) is 1. The van der Waals surface area contributed by atoms with Crippen LogP contribution < -0.4 is 15.0 Å². The van der Waals surface area contributed by atoms with Gasteiger partial charge in [0.2, 0.25) is 0 Å². The van der Waals surface area contributed by atoms with Crippen molar-refractivity contribution in [3.63, 3.8) is 0 Å². The van der Waals surface area contributed by atoms with Gasteiger partial charge in [-0.15, -0.1) is 24.0 Å². The molecule has 0 radical (unpaired) electrons. The number of ether oxygens (including phenoxy) is 1. The van der Waals surface area contributed by atoms with Crippen molar-refractivity contribution in [1.82, 2.24) is 25.0 Å². The number of anilines is 1. The summed E-state index contributed by atoms with van der Waals surface area (Å²) in [5.74, 6) is 2.67. The maximum atomic E-state index is 5.27. The van der Waals surface area contributed by atoms with Crippen LogP contribution in [0.4, 0.5) is 5.69 Å². The molecular formula is C25H34IN7O. The summed E-state index contributed by atoms with van der Waals surface area (Å²) in [6.45, 7) is 11.3. The molecule has 3 aromatic rings. The fourth-order valence-corrected chi connectivity index (χ4v) is 4.06. The van der Waals surface area contributed by atoms with Crippen LogP contribution in [-0.2, 0) is 6.54 Å². The van der Waals surface area contributed by atoms with Gasteiger partial charge >= 0.3 is 0 Å². The Labute approximate surface area is 219 Å². The third-order valence-electron chi connectivity index (χ3n) is 5.80. The molecule has 3 heterocycles. The predicted octanol–water partition coefficient (Wildman–Crippen LogP) is 3.80. The highest BCUT2D eigenvalue weighted by atomic mass is 127. The second kappa shape index (κ2) is 12.0.